The van der Waals surface area contributed by atoms with E-state index in [0.29, 0.717) is 6.42 Å². The summed E-state index contributed by atoms with van der Waals surface area (Å²) < 4.78 is 0. The number of carbonyl (C=O) groups is 1. The van der Waals surface area contributed by atoms with E-state index >= 15 is 0 Å². The fourth-order valence-corrected chi connectivity index (χ4v) is 2.65. The van der Waals surface area contributed by atoms with Gasteiger partial charge in [-0.15, -0.1) is 11.3 Å². The van der Waals surface area contributed by atoms with Crippen molar-refractivity contribution >= 4 is 22.2 Å². The fraction of sp³-hybridized carbons (Fsp3) is 0.583. The quantitative estimate of drug-likeness (QED) is 0.870. The summed E-state index contributed by atoms with van der Waals surface area (Å²) >= 11 is 1.60. The summed E-state index contributed by atoms with van der Waals surface area (Å²) in [5, 5.41) is 6.33. The minimum atomic E-state index is 0.200. The fourth-order valence-electron chi connectivity index (χ4n) is 1.94. The molecule has 4 nitrogen and oxygen atoms in total. The van der Waals surface area contributed by atoms with Gasteiger partial charge in [0.05, 0.1) is 5.00 Å². The number of anilines is 1. The lowest BCUT2D eigenvalue weighted by molar-refractivity contribution is -0.118. The summed E-state index contributed by atoms with van der Waals surface area (Å²) in [6, 6.07) is 3.95. The van der Waals surface area contributed by atoms with Crippen molar-refractivity contribution in [2.75, 3.05) is 44.7 Å². The zero-order valence-corrected chi connectivity index (χ0v) is 11.0. The Bertz CT molecular complexity index is 347. The molecule has 2 heterocycles. The monoisotopic (exact) mass is 253 g/mol. The Morgan fingerprint density at radius 1 is 1.53 bits per heavy atom. The number of hydrogen-bond acceptors (Lipinski definition) is 4. The highest BCUT2D eigenvalue weighted by Gasteiger charge is 2.15. The average molecular weight is 253 g/mol. The van der Waals surface area contributed by atoms with E-state index < -0.39 is 0 Å². The summed E-state index contributed by atoms with van der Waals surface area (Å²) in [7, 11) is 1.85. The van der Waals surface area contributed by atoms with Crippen LogP contribution in [0.25, 0.3) is 0 Å². The molecular formula is C12H19N3OS. The maximum Gasteiger partial charge on any atom is 0.228 e. The van der Waals surface area contributed by atoms with Crippen LogP contribution in [0, 0.1) is 0 Å². The molecule has 0 aromatic carbocycles. The number of thiophene rings is 1. The first-order valence-corrected chi connectivity index (χ1v) is 6.88. The number of hydrogen-bond donors (Lipinski definition) is 1. The zero-order chi connectivity index (χ0) is 12.1. The van der Waals surface area contributed by atoms with Crippen molar-refractivity contribution < 1.29 is 4.79 Å². The second-order valence-corrected chi connectivity index (χ2v) is 5.17. The van der Waals surface area contributed by atoms with Gasteiger partial charge in [0.1, 0.15) is 0 Å². The highest BCUT2D eigenvalue weighted by Crippen LogP contribution is 2.20. The molecule has 0 radical (unpaired) electrons. The van der Waals surface area contributed by atoms with Crippen LogP contribution in [-0.2, 0) is 4.79 Å². The zero-order valence-electron chi connectivity index (χ0n) is 10.2. The Morgan fingerprint density at radius 3 is 2.94 bits per heavy atom. The van der Waals surface area contributed by atoms with E-state index in [4.69, 9.17) is 0 Å². The van der Waals surface area contributed by atoms with Crippen LogP contribution in [0.4, 0.5) is 5.00 Å². The van der Waals surface area contributed by atoms with E-state index in [1.165, 1.54) is 0 Å². The van der Waals surface area contributed by atoms with Gasteiger partial charge in [0, 0.05) is 46.2 Å². The summed E-state index contributed by atoms with van der Waals surface area (Å²) in [5.41, 5.74) is 0. The Morgan fingerprint density at radius 2 is 2.29 bits per heavy atom. The molecule has 0 spiro atoms. The summed E-state index contributed by atoms with van der Waals surface area (Å²) in [6.45, 7) is 5.05. The maximum absolute atomic E-state index is 12.0. The smallest absolute Gasteiger partial charge is 0.228 e. The van der Waals surface area contributed by atoms with Crippen LogP contribution >= 0.6 is 11.3 Å². The molecular weight excluding hydrogens is 234 g/mol. The third-order valence-corrected chi connectivity index (χ3v) is 4.01. The number of carbonyl (C=O) groups excluding carboxylic acids is 1. The molecule has 2 rings (SSSR count). The summed E-state index contributed by atoms with van der Waals surface area (Å²) in [5.74, 6) is 0.200. The predicted octanol–water partition coefficient (Wildman–Crippen LogP) is 1.01. The first kappa shape index (κ1) is 12.5. The average Bonchev–Trinajstić information content (AvgIpc) is 2.90. The van der Waals surface area contributed by atoms with Crippen LogP contribution in [0.5, 0.6) is 0 Å². The normalized spacial score (nSPS) is 17.0. The van der Waals surface area contributed by atoms with Gasteiger partial charge in [-0.25, -0.2) is 0 Å². The Hall–Kier alpha value is -0.910. The van der Waals surface area contributed by atoms with Crippen molar-refractivity contribution in [3.05, 3.63) is 17.5 Å². The van der Waals surface area contributed by atoms with E-state index in [1.807, 2.05) is 24.6 Å². The molecule has 0 aliphatic carbocycles. The molecule has 0 unspecified atom stereocenters. The SMILES string of the molecule is CN(C(=O)CCN1CCNCC1)c1cccs1. The Labute approximate surface area is 106 Å². The molecule has 1 aromatic heterocycles. The van der Waals surface area contributed by atoms with Crippen molar-refractivity contribution in [3.8, 4) is 0 Å². The van der Waals surface area contributed by atoms with Gasteiger partial charge in [-0.1, -0.05) is 0 Å². The highest BCUT2D eigenvalue weighted by atomic mass is 32.1. The molecule has 17 heavy (non-hydrogen) atoms. The van der Waals surface area contributed by atoms with Crippen LogP contribution in [-0.4, -0.2) is 50.6 Å². The molecule has 1 aliphatic heterocycles. The second-order valence-electron chi connectivity index (χ2n) is 4.25. The van der Waals surface area contributed by atoms with Crippen molar-refractivity contribution in [2.45, 2.75) is 6.42 Å². The van der Waals surface area contributed by atoms with Crippen molar-refractivity contribution in [2.24, 2.45) is 0 Å². The third kappa shape index (κ3) is 3.52. The molecule has 94 valence electrons. The van der Waals surface area contributed by atoms with Crippen LogP contribution < -0.4 is 10.2 Å². The van der Waals surface area contributed by atoms with Gasteiger partial charge in [-0.2, -0.15) is 0 Å². The van der Waals surface area contributed by atoms with Crippen molar-refractivity contribution in [3.63, 3.8) is 0 Å². The number of rotatable bonds is 4. The van der Waals surface area contributed by atoms with E-state index in [-0.39, 0.29) is 5.91 Å². The summed E-state index contributed by atoms with van der Waals surface area (Å²) in [4.78, 5) is 16.1. The molecule has 1 saturated heterocycles. The topological polar surface area (TPSA) is 35.6 Å². The van der Waals surface area contributed by atoms with E-state index in [1.54, 1.807) is 16.2 Å². The van der Waals surface area contributed by atoms with Gasteiger partial charge in [-0.05, 0) is 17.5 Å². The lowest BCUT2D eigenvalue weighted by Crippen LogP contribution is -2.44. The van der Waals surface area contributed by atoms with E-state index in [2.05, 4.69) is 10.2 Å². The maximum atomic E-state index is 12.0. The van der Waals surface area contributed by atoms with E-state index in [0.717, 1.165) is 37.7 Å². The number of nitrogens with zero attached hydrogens (tertiary/aromatic N) is 2. The Balaban J connectivity index is 1.76. The highest BCUT2D eigenvalue weighted by molar-refractivity contribution is 7.14. The van der Waals surface area contributed by atoms with Gasteiger partial charge < -0.3 is 15.1 Å². The van der Waals surface area contributed by atoms with Crippen LogP contribution in [0.3, 0.4) is 0 Å². The van der Waals surface area contributed by atoms with Crippen molar-refractivity contribution in [1.29, 1.82) is 0 Å². The lowest BCUT2D eigenvalue weighted by atomic mass is 10.3. The predicted molar refractivity (Wildman–Crippen MR) is 71.7 cm³/mol. The molecule has 0 bridgehead atoms. The number of amides is 1. The number of piperazine rings is 1. The molecule has 5 heteroatoms. The van der Waals surface area contributed by atoms with E-state index in [9.17, 15) is 4.79 Å². The first-order chi connectivity index (χ1) is 8.27. The van der Waals surface area contributed by atoms with Gasteiger partial charge in [0.2, 0.25) is 5.91 Å². The lowest BCUT2D eigenvalue weighted by Gasteiger charge is -2.27. The molecule has 0 saturated carbocycles. The minimum Gasteiger partial charge on any atom is -0.314 e. The van der Waals surface area contributed by atoms with Gasteiger partial charge in [0.15, 0.2) is 0 Å². The standard InChI is InChI=1S/C12H19N3OS/c1-14(12-3-2-10-17-12)11(16)4-7-15-8-5-13-6-9-15/h2-3,10,13H,4-9H2,1H3. The second kappa shape index (κ2) is 6.14. The Kier molecular flexibility index (Phi) is 4.53. The summed E-state index contributed by atoms with van der Waals surface area (Å²) in [6.07, 6.45) is 0.606. The molecule has 0 atom stereocenters. The molecule has 1 aromatic rings. The van der Waals surface area contributed by atoms with Crippen LogP contribution in [0.2, 0.25) is 0 Å². The van der Waals surface area contributed by atoms with Crippen LogP contribution in [0.1, 0.15) is 6.42 Å². The van der Waals surface area contributed by atoms with Gasteiger partial charge in [0.25, 0.3) is 0 Å². The largest absolute Gasteiger partial charge is 0.314 e. The first-order valence-electron chi connectivity index (χ1n) is 6.00. The van der Waals surface area contributed by atoms with Gasteiger partial charge >= 0.3 is 0 Å². The number of nitrogens with one attached hydrogen (secondary N) is 1. The minimum absolute atomic E-state index is 0.200. The third-order valence-electron chi connectivity index (χ3n) is 3.06. The molecule has 1 amide bonds. The van der Waals surface area contributed by atoms with Crippen molar-refractivity contribution in [1.82, 2.24) is 10.2 Å². The van der Waals surface area contributed by atoms with Gasteiger partial charge in [-0.3, -0.25) is 4.79 Å². The molecule has 1 N–H and O–H groups in total. The molecule has 1 fully saturated rings. The van der Waals surface area contributed by atoms with Crippen LogP contribution in [0.15, 0.2) is 17.5 Å². The molecule has 1 aliphatic rings.